The third-order valence-electron chi connectivity index (χ3n) is 7.69. The molecule has 0 radical (unpaired) electrons. The molecule has 2 heterocycles. The Bertz CT molecular complexity index is 1980. The summed E-state index contributed by atoms with van der Waals surface area (Å²) in [6.07, 6.45) is 0. The zero-order valence-electron chi connectivity index (χ0n) is 23.8. The van der Waals surface area contributed by atoms with E-state index in [1.807, 2.05) is 18.2 Å². The summed E-state index contributed by atoms with van der Waals surface area (Å²) in [5.74, 6) is 0. The van der Waals surface area contributed by atoms with Gasteiger partial charge in [-0.15, -0.1) is 81.6 Å². The van der Waals surface area contributed by atoms with Gasteiger partial charge in [-0.1, -0.05) is 105 Å². The number of pyridine rings is 1. The molecule has 0 unspecified atom stereocenters. The van der Waals surface area contributed by atoms with Crippen molar-refractivity contribution in [1.29, 1.82) is 0 Å². The van der Waals surface area contributed by atoms with E-state index in [1.165, 1.54) is 10.3 Å². The average molecular weight is 752 g/mol. The van der Waals surface area contributed by atoms with Crippen LogP contribution in [0.3, 0.4) is 0 Å². The van der Waals surface area contributed by atoms with Crippen LogP contribution in [0.1, 0.15) is 24.4 Å². The van der Waals surface area contributed by atoms with Crippen molar-refractivity contribution in [3.8, 4) is 44.8 Å². The van der Waals surface area contributed by atoms with Crippen molar-refractivity contribution in [2.45, 2.75) is 19.3 Å². The number of rotatable bonds is 6. The summed E-state index contributed by atoms with van der Waals surface area (Å²) in [4.78, 5) is 10.2. The van der Waals surface area contributed by atoms with Crippen molar-refractivity contribution in [3.63, 3.8) is 0 Å². The smallest absolute Gasteiger partial charge is 0.345 e. The van der Waals surface area contributed by atoms with Gasteiger partial charge in [-0.3, -0.25) is 0 Å². The molecule has 0 atom stereocenters. The van der Waals surface area contributed by atoms with E-state index in [9.17, 15) is 0 Å². The summed E-state index contributed by atoms with van der Waals surface area (Å²) < 4.78 is 1.20. The van der Waals surface area contributed by atoms with E-state index in [-0.39, 0.29) is 26.5 Å². The van der Waals surface area contributed by atoms with Crippen LogP contribution in [0.2, 0.25) is 0 Å². The first-order valence-corrected chi connectivity index (χ1v) is 14.9. The molecule has 43 heavy (non-hydrogen) atoms. The summed E-state index contributed by atoms with van der Waals surface area (Å²) >= 11 is 1.75. The Morgan fingerprint density at radius 3 is 1.93 bits per heavy atom. The minimum Gasteiger partial charge on any atom is -0.345 e. The molecule has 2 nitrogen and oxygen atoms in total. The van der Waals surface area contributed by atoms with E-state index in [1.54, 1.807) is 11.3 Å². The molecule has 0 spiro atoms. The van der Waals surface area contributed by atoms with E-state index >= 15 is 0 Å². The second-order valence-electron chi connectivity index (χ2n) is 10.9. The van der Waals surface area contributed by atoms with Gasteiger partial charge in [0.2, 0.25) is 0 Å². The topological polar surface area (TPSA) is 25.8 Å². The molecule has 0 saturated heterocycles. The first-order valence-electron chi connectivity index (χ1n) is 14.1. The fourth-order valence-electron chi connectivity index (χ4n) is 5.26. The number of nitrogens with zero attached hydrogens (tertiary/aromatic N) is 2. The van der Waals surface area contributed by atoms with Crippen LogP contribution in [0.15, 0.2) is 133 Å². The number of hydrogen-bond donors (Lipinski definition) is 0. The zero-order valence-corrected chi connectivity index (χ0v) is 26.9. The van der Waals surface area contributed by atoms with E-state index in [0.29, 0.717) is 0 Å². The van der Waals surface area contributed by atoms with Crippen molar-refractivity contribution in [2.75, 3.05) is 0 Å². The second kappa shape index (κ2) is 12.2. The standard InChI is InChI=1S/C39H28N2S.Pt/c1-39(2,38-41-36-19-9-10-22-37(36)42-38)33-25-31(28-15-7-4-8-16-28)24-32(26-33)35-21-12-20-34(40-35)30-18-11-17-29(23-30)27-13-5-3-6-14-27;/h3-17,19-25H,1-2H3;/q-2;+2. The molecule has 0 N–H and O–H groups in total. The molecular weight excluding hydrogens is 724 g/mol. The van der Waals surface area contributed by atoms with E-state index in [0.717, 1.165) is 55.3 Å². The van der Waals surface area contributed by atoms with Gasteiger partial charge in [-0.2, -0.15) is 0 Å². The molecule has 0 aliphatic rings. The number of para-hydroxylation sites is 1. The molecule has 0 saturated carbocycles. The number of aromatic nitrogens is 2. The summed E-state index contributed by atoms with van der Waals surface area (Å²) in [6.45, 7) is 4.48. The molecule has 0 aliphatic carbocycles. The predicted molar refractivity (Wildman–Crippen MR) is 175 cm³/mol. The minimum absolute atomic E-state index is 0. The number of fused-ring (bicyclic) bond motifs is 1. The second-order valence-corrected chi connectivity index (χ2v) is 12.0. The Hall–Kier alpha value is -4.17. The van der Waals surface area contributed by atoms with Gasteiger partial charge in [-0.25, -0.2) is 4.98 Å². The summed E-state index contributed by atoms with van der Waals surface area (Å²) in [6, 6.07) is 53.3. The van der Waals surface area contributed by atoms with Crippen molar-refractivity contribution in [3.05, 3.63) is 156 Å². The zero-order chi connectivity index (χ0) is 28.5. The fourth-order valence-corrected chi connectivity index (χ4v) is 6.34. The maximum atomic E-state index is 5.14. The Morgan fingerprint density at radius 1 is 0.581 bits per heavy atom. The molecular formula is C39H28N2PtS. The van der Waals surface area contributed by atoms with Crippen LogP contribution in [0.25, 0.3) is 55.0 Å². The Morgan fingerprint density at radius 2 is 1.21 bits per heavy atom. The average Bonchev–Trinajstić information content (AvgIpc) is 3.51. The molecule has 5 aromatic carbocycles. The fraction of sp³-hybridized carbons (Fsp3) is 0.0769. The van der Waals surface area contributed by atoms with Crippen LogP contribution in [0.4, 0.5) is 0 Å². The summed E-state index contributed by atoms with van der Waals surface area (Å²) in [5.41, 5.74) is 10.1. The van der Waals surface area contributed by atoms with Crippen molar-refractivity contribution in [2.24, 2.45) is 0 Å². The molecule has 0 bridgehead atoms. The molecule has 4 heteroatoms. The van der Waals surface area contributed by atoms with E-state index < -0.39 is 0 Å². The van der Waals surface area contributed by atoms with Crippen molar-refractivity contribution in [1.82, 2.24) is 9.97 Å². The largest absolute Gasteiger partial charge is 2.00 e. The third-order valence-corrected chi connectivity index (χ3v) is 9.05. The van der Waals surface area contributed by atoms with Gasteiger partial charge in [0.25, 0.3) is 0 Å². The summed E-state index contributed by atoms with van der Waals surface area (Å²) in [5, 5.41) is 1.07. The van der Waals surface area contributed by atoms with Crippen LogP contribution in [-0.4, -0.2) is 9.97 Å². The SMILES string of the molecule is CC(C)(c1[c-]c(-c2cccc(-c3[c-]ccc(-c4ccccc4)c3)n2)cc(-c2ccccc2)c1)c1nc2ccccc2s1.[Pt+2]. The quantitative estimate of drug-likeness (QED) is 0.158. The Kier molecular flexibility index (Phi) is 8.21. The van der Waals surface area contributed by atoms with Crippen LogP contribution in [0.5, 0.6) is 0 Å². The first-order chi connectivity index (χ1) is 20.5. The van der Waals surface area contributed by atoms with Gasteiger partial charge in [0.1, 0.15) is 5.01 Å². The molecule has 0 fully saturated rings. The number of thiazole rings is 1. The van der Waals surface area contributed by atoms with Crippen LogP contribution < -0.4 is 0 Å². The molecule has 7 aromatic rings. The molecule has 7 rings (SSSR count). The molecule has 0 aliphatic heterocycles. The number of benzene rings is 5. The van der Waals surface area contributed by atoms with Crippen LogP contribution >= 0.6 is 11.3 Å². The molecule has 210 valence electrons. The van der Waals surface area contributed by atoms with Gasteiger partial charge in [0.05, 0.1) is 10.2 Å². The van der Waals surface area contributed by atoms with Crippen molar-refractivity contribution < 1.29 is 21.1 Å². The molecule has 2 aromatic heterocycles. The van der Waals surface area contributed by atoms with Gasteiger partial charge in [-0.05, 0) is 34.6 Å². The van der Waals surface area contributed by atoms with Crippen LogP contribution in [-0.2, 0) is 26.5 Å². The van der Waals surface area contributed by atoms with Gasteiger partial charge < -0.3 is 4.98 Å². The number of hydrogen-bond acceptors (Lipinski definition) is 3. The monoisotopic (exact) mass is 751 g/mol. The van der Waals surface area contributed by atoms with E-state index in [4.69, 9.17) is 9.97 Å². The van der Waals surface area contributed by atoms with Gasteiger partial charge in [0.15, 0.2) is 0 Å². The van der Waals surface area contributed by atoms with Crippen molar-refractivity contribution >= 4 is 21.6 Å². The predicted octanol–water partition coefficient (Wildman–Crippen LogP) is 10.3. The summed E-state index contributed by atoms with van der Waals surface area (Å²) in [7, 11) is 0. The third kappa shape index (κ3) is 5.89. The molecule has 0 amide bonds. The van der Waals surface area contributed by atoms with Gasteiger partial charge in [0, 0.05) is 5.41 Å². The van der Waals surface area contributed by atoms with E-state index in [2.05, 4.69) is 141 Å². The first kappa shape index (κ1) is 28.9. The maximum absolute atomic E-state index is 5.14. The Labute approximate surface area is 271 Å². The van der Waals surface area contributed by atoms with Gasteiger partial charge >= 0.3 is 21.1 Å². The minimum atomic E-state index is -0.349. The van der Waals surface area contributed by atoms with Crippen LogP contribution in [0, 0.1) is 12.1 Å². The maximum Gasteiger partial charge on any atom is 2.00 e. The normalized spacial score (nSPS) is 11.3. The Balaban J connectivity index is 0.00000329.